The van der Waals surface area contributed by atoms with Crippen molar-refractivity contribution >= 4 is 45.6 Å². The Hall–Kier alpha value is -2.08. The number of benzene rings is 2. The Labute approximate surface area is 153 Å². The molecule has 0 bridgehead atoms. The van der Waals surface area contributed by atoms with Gasteiger partial charge in [0, 0.05) is 21.5 Å². The average Bonchev–Trinajstić information content (AvgIpc) is 3.05. The molecule has 0 radical (unpaired) electrons. The van der Waals surface area contributed by atoms with Gasteiger partial charge in [-0.15, -0.1) is 11.3 Å². The van der Waals surface area contributed by atoms with Crippen LogP contribution in [0.2, 0.25) is 10.0 Å². The lowest BCUT2D eigenvalue weighted by molar-refractivity contribution is 0.102. The Morgan fingerprint density at radius 3 is 2.62 bits per heavy atom. The Morgan fingerprint density at radius 2 is 1.92 bits per heavy atom. The fourth-order valence-corrected chi connectivity index (χ4v) is 3.15. The van der Waals surface area contributed by atoms with Crippen molar-refractivity contribution in [2.45, 2.75) is 0 Å². The number of halogens is 2. The van der Waals surface area contributed by atoms with Crippen molar-refractivity contribution < 1.29 is 9.53 Å². The zero-order valence-corrected chi connectivity index (χ0v) is 14.9. The minimum absolute atomic E-state index is 0.240. The average molecular weight is 379 g/mol. The molecule has 1 N–H and O–H groups in total. The van der Waals surface area contributed by atoms with Crippen LogP contribution >= 0.6 is 34.5 Å². The minimum atomic E-state index is -0.240. The molecule has 0 unspecified atom stereocenters. The molecule has 24 heavy (non-hydrogen) atoms. The van der Waals surface area contributed by atoms with E-state index >= 15 is 0 Å². The van der Waals surface area contributed by atoms with Crippen molar-refractivity contribution in [3.05, 3.63) is 63.5 Å². The van der Waals surface area contributed by atoms with Crippen molar-refractivity contribution in [3.63, 3.8) is 0 Å². The van der Waals surface area contributed by atoms with Gasteiger partial charge in [0.25, 0.3) is 5.91 Å². The van der Waals surface area contributed by atoms with Crippen molar-refractivity contribution in [1.82, 2.24) is 4.98 Å². The molecular formula is C17H12Cl2N2O2S. The molecule has 3 rings (SSSR count). The van der Waals surface area contributed by atoms with Gasteiger partial charge in [-0.05, 0) is 42.5 Å². The SMILES string of the molecule is COc1ccc(C(=O)Nc2nc(-c3cc(Cl)ccc3Cl)cs2)cc1. The highest BCUT2D eigenvalue weighted by atomic mass is 35.5. The summed E-state index contributed by atoms with van der Waals surface area (Å²) < 4.78 is 5.08. The van der Waals surface area contributed by atoms with E-state index in [2.05, 4.69) is 10.3 Å². The maximum atomic E-state index is 12.2. The fourth-order valence-electron chi connectivity index (χ4n) is 2.06. The minimum Gasteiger partial charge on any atom is -0.497 e. The molecule has 0 saturated heterocycles. The monoisotopic (exact) mass is 378 g/mol. The number of carbonyl (C=O) groups is 1. The lowest BCUT2D eigenvalue weighted by Crippen LogP contribution is -2.11. The molecule has 3 aromatic rings. The van der Waals surface area contributed by atoms with Gasteiger partial charge in [0.1, 0.15) is 5.75 Å². The van der Waals surface area contributed by atoms with Crippen molar-refractivity contribution in [2.75, 3.05) is 12.4 Å². The largest absolute Gasteiger partial charge is 0.497 e. The van der Waals surface area contributed by atoms with Gasteiger partial charge >= 0.3 is 0 Å². The Balaban J connectivity index is 1.78. The van der Waals surface area contributed by atoms with E-state index in [1.54, 1.807) is 49.6 Å². The Bertz CT molecular complexity index is 879. The molecular weight excluding hydrogens is 367 g/mol. The van der Waals surface area contributed by atoms with Gasteiger partial charge in [-0.1, -0.05) is 23.2 Å². The number of hydrogen-bond donors (Lipinski definition) is 1. The number of rotatable bonds is 4. The number of methoxy groups -OCH3 is 1. The molecule has 0 aliphatic heterocycles. The van der Waals surface area contributed by atoms with Crippen molar-refractivity contribution in [3.8, 4) is 17.0 Å². The first-order chi connectivity index (χ1) is 11.6. The summed E-state index contributed by atoms with van der Waals surface area (Å²) in [6.45, 7) is 0. The van der Waals surface area contributed by atoms with Gasteiger partial charge in [-0.25, -0.2) is 4.98 Å². The number of thiazole rings is 1. The van der Waals surface area contributed by atoms with Gasteiger partial charge in [0.05, 0.1) is 17.8 Å². The molecule has 1 amide bonds. The number of hydrogen-bond acceptors (Lipinski definition) is 4. The quantitative estimate of drug-likeness (QED) is 0.662. The van der Waals surface area contributed by atoms with Crippen LogP contribution < -0.4 is 10.1 Å². The second kappa shape index (κ2) is 7.21. The maximum Gasteiger partial charge on any atom is 0.257 e. The van der Waals surface area contributed by atoms with E-state index in [0.29, 0.717) is 32.2 Å². The molecule has 4 nitrogen and oxygen atoms in total. The molecule has 0 aliphatic carbocycles. The van der Waals surface area contributed by atoms with E-state index in [-0.39, 0.29) is 5.91 Å². The number of ether oxygens (including phenoxy) is 1. The first-order valence-electron chi connectivity index (χ1n) is 6.93. The van der Waals surface area contributed by atoms with E-state index in [4.69, 9.17) is 27.9 Å². The van der Waals surface area contributed by atoms with Crippen LogP contribution in [0, 0.1) is 0 Å². The van der Waals surface area contributed by atoms with Gasteiger partial charge in [-0.3, -0.25) is 10.1 Å². The predicted octanol–water partition coefficient (Wildman–Crippen LogP) is 5.38. The number of carbonyl (C=O) groups excluding carboxylic acids is 1. The summed E-state index contributed by atoms with van der Waals surface area (Å²) in [5, 5.41) is 6.21. The number of anilines is 1. The van der Waals surface area contributed by atoms with Gasteiger partial charge < -0.3 is 4.74 Å². The third-order valence-electron chi connectivity index (χ3n) is 3.28. The molecule has 1 heterocycles. The summed E-state index contributed by atoms with van der Waals surface area (Å²) in [4.78, 5) is 16.6. The van der Waals surface area contributed by atoms with Crippen molar-refractivity contribution in [2.24, 2.45) is 0 Å². The smallest absolute Gasteiger partial charge is 0.257 e. The maximum absolute atomic E-state index is 12.2. The third-order valence-corrected chi connectivity index (χ3v) is 4.60. The lowest BCUT2D eigenvalue weighted by Gasteiger charge is -2.04. The predicted molar refractivity (Wildman–Crippen MR) is 98.5 cm³/mol. The number of aromatic nitrogens is 1. The molecule has 2 aromatic carbocycles. The molecule has 0 spiro atoms. The van der Waals surface area contributed by atoms with E-state index in [0.717, 1.165) is 5.56 Å². The number of nitrogens with zero attached hydrogens (tertiary/aromatic N) is 1. The molecule has 1 aromatic heterocycles. The first kappa shape index (κ1) is 16.8. The molecule has 7 heteroatoms. The highest BCUT2D eigenvalue weighted by Crippen LogP contribution is 2.32. The van der Waals surface area contributed by atoms with E-state index < -0.39 is 0 Å². The summed E-state index contributed by atoms with van der Waals surface area (Å²) >= 11 is 13.5. The molecule has 122 valence electrons. The normalized spacial score (nSPS) is 10.5. The van der Waals surface area contributed by atoms with Crippen LogP contribution in [0.1, 0.15) is 10.4 Å². The van der Waals surface area contributed by atoms with Crippen LogP contribution in [0.25, 0.3) is 11.3 Å². The van der Waals surface area contributed by atoms with Crippen LogP contribution in [-0.4, -0.2) is 18.0 Å². The van der Waals surface area contributed by atoms with E-state index in [9.17, 15) is 4.79 Å². The zero-order valence-electron chi connectivity index (χ0n) is 12.5. The highest BCUT2D eigenvalue weighted by molar-refractivity contribution is 7.14. The fraction of sp³-hybridized carbons (Fsp3) is 0.0588. The van der Waals surface area contributed by atoms with Gasteiger partial charge in [0.2, 0.25) is 0 Å². The van der Waals surface area contributed by atoms with E-state index in [1.807, 2.05) is 5.38 Å². The Morgan fingerprint density at radius 1 is 1.17 bits per heavy atom. The third kappa shape index (κ3) is 3.70. The topological polar surface area (TPSA) is 51.2 Å². The van der Waals surface area contributed by atoms with E-state index in [1.165, 1.54) is 11.3 Å². The molecule has 0 aliphatic rings. The van der Waals surface area contributed by atoms with Crippen LogP contribution in [0.15, 0.2) is 47.8 Å². The zero-order chi connectivity index (χ0) is 17.1. The lowest BCUT2D eigenvalue weighted by atomic mass is 10.2. The molecule has 0 atom stereocenters. The second-order valence-electron chi connectivity index (χ2n) is 4.84. The van der Waals surface area contributed by atoms with Crippen LogP contribution in [-0.2, 0) is 0 Å². The summed E-state index contributed by atoms with van der Waals surface area (Å²) in [5.74, 6) is 0.453. The van der Waals surface area contributed by atoms with Crippen LogP contribution in [0.3, 0.4) is 0 Å². The first-order valence-corrected chi connectivity index (χ1v) is 8.57. The molecule has 0 saturated carbocycles. The van der Waals surface area contributed by atoms with Crippen molar-refractivity contribution in [1.29, 1.82) is 0 Å². The summed E-state index contributed by atoms with van der Waals surface area (Å²) in [6, 6.07) is 12.0. The molecule has 0 fully saturated rings. The highest BCUT2D eigenvalue weighted by Gasteiger charge is 2.12. The van der Waals surface area contributed by atoms with Crippen LogP contribution in [0.4, 0.5) is 5.13 Å². The summed E-state index contributed by atoms with van der Waals surface area (Å²) in [6.07, 6.45) is 0. The standard InChI is InChI=1S/C17H12Cl2N2O2S/c1-23-12-5-2-10(3-6-12)16(22)21-17-20-15(9-24-17)13-8-11(18)4-7-14(13)19/h2-9H,1H3,(H,20,21,22). The second-order valence-corrected chi connectivity index (χ2v) is 6.55. The van der Waals surface area contributed by atoms with Crippen LogP contribution in [0.5, 0.6) is 5.75 Å². The Kier molecular flexibility index (Phi) is 5.04. The number of nitrogens with one attached hydrogen (secondary N) is 1. The number of amides is 1. The summed E-state index contributed by atoms with van der Waals surface area (Å²) in [5.41, 5.74) is 1.91. The summed E-state index contributed by atoms with van der Waals surface area (Å²) in [7, 11) is 1.58. The van der Waals surface area contributed by atoms with Gasteiger partial charge in [0.15, 0.2) is 5.13 Å². The van der Waals surface area contributed by atoms with Gasteiger partial charge in [-0.2, -0.15) is 0 Å².